The highest BCUT2D eigenvalue weighted by molar-refractivity contribution is 7.88. The van der Waals surface area contributed by atoms with Crippen molar-refractivity contribution in [2.24, 2.45) is 0 Å². The third kappa shape index (κ3) is 3.46. The number of nitrogen functional groups attached to an aromatic ring is 1. The Morgan fingerprint density at radius 2 is 2.16 bits per heavy atom. The molecule has 0 aliphatic carbocycles. The van der Waals surface area contributed by atoms with Gasteiger partial charge in [0.2, 0.25) is 10.0 Å². The van der Waals surface area contributed by atoms with Crippen LogP contribution in [0.25, 0.3) is 0 Å². The minimum Gasteiger partial charge on any atom is -0.399 e. The van der Waals surface area contributed by atoms with Gasteiger partial charge in [0.05, 0.1) is 18.5 Å². The van der Waals surface area contributed by atoms with E-state index in [-0.39, 0.29) is 17.9 Å². The molecule has 0 radical (unpaired) electrons. The number of hydrogen-bond donors (Lipinski definition) is 1. The zero-order valence-electron chi connectivity index (χ0n) is 11.2. The van der Waals surface area contributed by atoms with Crippen molar-refractivity contribution in [2.45, 2.75) is 31.7 Å². The molecule has 0 bridgehead atoms. The summed E-state index contributed by atoms with van der Waals surface area (Å²) in [4.78, 5) is 0. The molecule has 2 unspecified atom stereocenters. The Balaban J connectivity index is 2.17. The molecule has 2 atom stereocenters. The first-order valence-electron chi connectivity index (χ1n) is 6.34. The Bertz CT molecular complexity index is 545. The Hall–Kier alpha value is -1.11. The molecular formula is C13H20N2O3S. The van der Waals surface area contributed by atoms with Gasteiger partial charge in [-0.1, -0.05) is 12.1 Å². The normalized spacial score (nSPS) is 25.4. The lowest BCUT2D eigenvalue weighted by Crippen LogP contribution is -2.50. The number of nitrogens with zero attached hydrogens (tertiary/aromatic N) is 1. The zero-order chi connectivity index (χ0) is 14.0. The van der Waals surface area contributed by atoms with Crippen LogP contribution in [0, 0.1) is 0 Å². The molecule has 2 rings (SSSR count). The summed E-state index contributed by atoms with van der Waals surface area (Å²) >= 11 is 0. The highest BCUT2D eigenvalue weighted by Crippen LogP contribution is 2.20. The largest absolute Gasteiger partial charge is 0.399 e. The van der Waals surface area contributed by atoms with Gasteiger partial charge in [-0.15, -0.1) is 0 Å². The molecular weight excluding hydrogens is 264 g/mol. The van der Waals surface area contributed by atoms with Crippen LogP contribution in [-0.4, -0.2) is 38.0 Å². The monoisotopic (exact) mass is 284 g/mol. The van der Waals surface area contributed by atoms with E-state index in [1.54, 1.807) is 24.3 Å². The summed E-state index contributed by atoms with van der Waals surface area (Å²) in [6, 6.07) is 6.87. The molecule has 1 aliphatic rings. The molecule has 19 heavy (non-hydrogen) atoms. The summed E-state index contributed by atoms with van der Waals surface area (Å²) < 4.78 is 31.9. The molecule has 5 nitrogen and oxygen atoms in total. The fourth-order valence-electron chi connectivity index (χ4n) is 2.24. The number of hydrogen-bond acceptors (Lipinski definition) is 4. The average Bonchev–Trinajstić information content (AvgIpc) is 2.31. The van der Waals surface area contributed by atoms with Gasteiger partial charge in [-0.05, 0) is 31.5 Å². The Morgan fingerprint density at radius 3 is 2.84 bits per heavy atom. The molecule has 2 N–H and O–H groups in total. The lowest BCUT2D eigenvalue weighted by Gasteiger charge is -2.35. The topological polar surface area (TPSA) is 72.6 Å². The van der Waals surface area contributed by atoms with Gasteiger partial charge in [-0.2, -0.15) is 4.31 Å². The van der Waals surface area contributed by atoms with E-state index in [1.807, 2.05) is 13.8 Å². The van der Waals surface area contributed by atoms with E-state index < -0.39 is 10.0 Å². The van der Waals surface area contributed by atoms with Crippen molar-refractivity contribution in [1.82, 2.24) is 4.31 Å². The maximum Gasteiger partial charge on any atom is 0.218 e. The summed E-state index contributed by atoms with van der Waals surface area (Å²) in [6.07, 6.45) is -0.0631. The smallest absolute Gasteiger partial charge is 0.218 e. The second-order valence-electron chi connectivity index (χ2n) is 5.06. The van der Waals surface area contributed by atoms with Gasteiger partial charge in [-0.3, -0.25) is 0 Å². The Labute approximate surface area is 114 Å². The highest BCUT2D eigenvalue weighted by Gasteiger charge is 2.32. The van der Waals surface area contributed by atoms with Crippen LogP contribution in [0.3, 0.4) is 0 Å². The first kappa shape index (κ1) is 14.3. The summed E-state index contributed by atoms with van der Waals surface area (Å²) in [7, 11) is -3.34. The maximum atomic E-state index is 12.5. The van der Waals surface area contributed by atoms with Crippen LogP contribution >= 0.6 is 0 Å². The Morgan fingerprint density at radius 1 is 1.42 bits per heavy atom. The fourth-order valence-corrected chi connectivity index (χ4v) is 4.05. The van der Waals surface area contributed by atoms with Crippen molar-refractivity contribution < 1.29 is 13.2 Å². The van der Waals surface area contributed by atoms with Gasteiger partial charge in [0, 0.05) is 18.3 Å². The van der Waals surface area contributed by atoms with E-state index in [1.165, 1.54) is 4.31 Å². The first-order valence-corrected chi connectivity index (χ1v) is 7.95. The first-order chi connectivity index (χ1) is 8.88. The Kier molecular flexibility index (Phi) is 4.13. The summed E-state index contributed by atoms with van der Waals surface area (Å²) in [5.74, 6) is -0.0188. The third-order valence-corrected chi connectivity index (χ3v) is 5.13. The predicted octanol–water partition coefficient (Wildman–Crippen LogP) is 1.21. The molecule has 1 heterocycles. The third-order valence-electron chi connectivity index (χ3n) is 3.21. The molecule has 1 aromatic rings. The van der Waals surface area contributed by atoms with Crippen LogP contribution in [0.1, 0.15) is 19.4 Å². The number of ether oxygens (including phenoxy) is 1. The SMILES string of the molecule is CC1CN(S(=O)(=O)Cc2cccc(N)c2)C(C)CO1. The van der Waals surface area contributed by atoms with Crippen LogP contribution < -0.4 is 5.73 Å². The molecule has 0 saturated carbocycles. The van der Waals surface area contributed by atoms with Crippen LogP contribution in [0.2, 0.25) is 0 Å². The number of sulfonamides is 1. The second kappa shape index (κ2) is 5.48. The second-order valence-corrected chi connectivity index (χ2v) is 6.99. The predicted molar refractivity (Wildman–Crippen MR) is 75.1 cm³/mol. The minimum absolute atomic E-state index is 0.0188. The van der Waals surface area contributed by atoms with Crippen molar-refractivity contribution in [2.75, 3.05) is 18.9 Å². The molecule has 0 aromatic heterocycles. The number of nitrogens with two attached hydrogens (primary N) is 1. The van der Waals surface area contributed by atoms with E-state index in [4.69, 9.17) is 10.5 Å². The molecule has 6 heteroatoms. The van der Waals surface area contributed by atoms with E-state index in [0.29, 0.717) is 24.4 Å². The van der Waals surface area contributed by atoms with Crippen molar-refractivity contribution in [1.29, 1.82) is 0 Å². The quantitative estimate of drug-likeness (QED) is 0.847. The zero-order valence-corrected chi connectivity index (χ0v) is 12.1. The average molecular weight is 284 g/mol. The van der Waals surface area contributed by atoms with Gasteiger partial charge in [0.15, 0.2) is 0 Å². The van der Waals surface area contributed by atoms with Crippen LogP contribution in [0.15, 0.2) is 24.3 Å². The standard InChI is InChI=1S/C13H20N2O3S/c1-10-8-18-11(2)7-15(10)19(16,17)9-12-4-3-5-13(14)6-12/h3-6,10-11H,7-9,14H2,1-2H3. The van der Waals surface area contributed by atoms with Gasteiger partial charge in [0.1, 0.15) is 0 Å². The molecule has 0 amide bonds. The number of anilines is 1. The molecule has 1 aromatic carbocycles. The van der Waals surface area contributed by atoms with Gasteiger partial charge in [0.25, 0.3) is 0 Å². The molecule has 1 aliphatic heterocycles. The number of rotatable bonds is 3. The lowest BCUT2D eigenvalue weighted by molar-refractivity contribution is -0.0171. The van der Waals surface area contributed by atoms with Crippen molar-refractivity contribution in [3.63, 3.8) is 0 Å². The van der Waals surface area contributed by atoms with Gasteiger partial charge >= 0.3 is 0 Å². The summed E-state index contributed by atoms with van der Waals surface area (Å²) in [5.41, 5.74) is 6.97. The van der Waals surface area contributed by atoms with Crippen molar-refractivity contribution >= 4 is 15.7 Å². The maximum absolute atomic E-state index is 12.5. The number of morpholine rings is 1. The van der Waals surface area contributed by atoms with E-state index in [9.17, 15) is 8.42 Å². The fraction of sp³-hybridized carbons (Fsp3) is 0.538. The van der Waals surface area contributed by atoms with Crippen molar-refractivity contribution in [3.05, 3.63) is 29.8 Å². The highest BCUT2D eigenvalue weighted by atomic mass is 32.2. The molecule has 1 fully saturated rings. The van der Waals surface area contributed by atoms with Crippen molar-refractivity contribution in [3.8, 4) is 0 Å². The molecule has 106 valence electrons. The van der Waals surface area contributed by atoms with Crippen LogP contribution in [0.5, 0.6) is 0 Å². The molecule has 0 spiro atoms. The lowest BCUT2D eigenvalue weighted by atomic mass is 10.2. The minimum atomic E-state index is -3.34. The van der Waals surface area contributed by atoms with Gasteiger partial charge in [-0.25, -0.2) is 8.42 Å². The van der Waals surface area contributed by atoms with Crippen LogP contribution in [0.4, 0.5) is 5.69 Å². The van der Waals surface area contributed by atoms with E-state index >= 15 is 0 Å². The summed E-state index contributed by atoms with van der Waals surface area (Å²) in [6.45, 7) is 4.60. The van der Waals surface area contributed by atoms with Gasteiger partial charge < -0.3 is 10.5 Å². The van der Waals surface area contributed by atoms with Crippen LogP contribution in [-0.2, 0) is 20.5 Å². The number of benzene rings is 1. The van der Waals surface area contributed by atoms with E-state index in [0.717, 1.165) is 0 Å². The summed E-state index contributed by atoms with van der Waals surface area (Å²) in [5, 5.41) is 0. The van der Waals surface area contributed by atoms with E-state index in [2.05, 4.69) is 0 Å². The molecule has 1 saturated heterocycles.